The molecule has 180 valence electrons. The Morgan fingerprint density at radius 2 is 1.71 bits per heavy atom. The molecule has 7 nitrogen and oxygen atoms in total. The first-order valence-corrected chi connectivity index (χ1v) is 12.3. The number of aromatic nitrogens is 3. The molecule has 0 radical (unpaired) electrons. The topological polar surface area (TPSA) is 90.0 Å². The highest BCUT2D eigenvalue weighted by Crippen LogP contribution is 2.29. The Morgan fingerprint density at radius 3 is 2.31 bits per heavy atom. The minimum absolute atomic E-state index is 0.0343. The van der Waals surface area contributed by atoms with Crippen molar-refractivity contribution in [1.82, 2.24) is 14.8 Å². The van der Waals surface area contributed by atoms with E-state index in [-0.39, 0.29) is 22.9 Å². The van der Waals surface area contributed by atoms with Gasteiger partial charge >= 0.3 is 0 Å². The Hall–Kier alpha value is -3.65. The number of benzene rings is 2. The summed E-state index contributed by atoms with van der Waals surface area (Å²) in [5.41, 5.74) is 3.47. The van der Waals surface area contributed by atoms with E-state index in [0.29, 0.717) is 23.0 Å². The van der Waals surface area contributed by atoms with Crippen molar-refractivity contribution >= 4 is 29.1 Å². The molecule has 0 unspecified atom stereocenters. The fourth-order valence-electron chi connectivity index (χ4n) is 3.59. The van der Waals surface area contributed by atoms with Crippen LogP contribution in [0.5, 0.6) is 0 Å². The van der Waals surface area contributed by atoms with Gasteiger partial charge < -0.3 is 9.73 Å². The van der Waals surface area contributed by atoms with Gasteiger partial charge in [0, 0.05) is 23.7 Å². The van der Waals surface area contributed by atoms with Crippen LogP contribution in [-0.2, 0) is 16.8 Å². The first-order chi connectivity index (χ1) is 16.7. The van der Waals surface area contributed by atoms with E-state index in [4.69, 9.17) is 4.42 Å². The van der Waals surface area contributed by atoms with Crippen molar-refractivity contribution in [3.05, 3.63) is 83.8 Å². The minimum atomic E-state index is -0.153. The van der Waals surface area contributed by atoms with Gasteiger partial charge in [0.15, 0.2) is 16.8 Å². The highest BCUT2D eigenvalue weighted by Gasteiger charge is 2.19. The molecule has 0 aliphatic rings. The van der Waals surface area contributed by atoms with Gasteiger partial charge in [-0.15, -0.1) is 10.2 Å². The van der Waals surface area contributed by atoms with E-state index in [1.54, 1.807) is 30.5 Å². The third-order valence-corrected chi connectivity index (χ3v) is 6.45. The lowest BCUT2D eigenvalue weighted by Gasteiger charge is -2.19. The molecule has 4 aromatic rings. The van der Waals surface area contributed by atoms with E-state index in [0.717, 1.165) is 17.1 Å². The van der Waals surface area contributed by atoms with Crippen LogP contribution in [0.25, 0.3) is 11.4 Å². The van der Waals surface area contributed by atoms with E-state index in [2.05, 4.69) is 60.6 Å². The molecule has 1 amide bonds. The molecule has 8 heteroatoms. The number of carbonyl (C=O) groups excluding carboxylic acids is 2. The van der Waals surface area contributed by atoms with Crippen LogP contribution < -0.4 is 5.32 Å². The van der Waals surface area contributed by atoms with Crippen LogP contribution in [0.15, 0.2) is 76.5 Å². The van der Waals surface area contributed by atoms with Crippen LogP contribution in [0.3, 0.4) is 0 Å². The van der Waals surface area contributed by atoms with Crippen LogP contribution >= 0.6 is 11.8 Å². The molecule has 0 saturated carbocycles. The lowest BCUT2D eigenvalue weighted by atomic mass is 9.87. The number of anilines is 1. The quantitative estimate of drug-likeness (QED) is 0.248. The third-order valence-electron chi connectivity index (χ3n) is 5.48. The van der Waals surface area contributed by atoms with Crippen LogP contribution in [0.2, 0.25) is 0 Å². The third kappa shape index (κ3) is 6.08. The highest BCUT2D eigenvalue weighted by molar-refractivity contribution is 7.99. The number of ketones is 1. The summed E-state index contributed by atoms with van der Waals surface area (Å²) in [7, 11) is 0. The fraction of sp³-hybridized carbons (Fsp3) is 0.259. The molecule has 0 aliphatic carbocycles. The number of carbonyl (C=O) groups is 2. The second-order valence-corrected chi connectivity index (χ2v) is 10.2. The average Bonchev–Trinajstić information content (AvgIpc) is 3.47. The van der Waals surface area contributed by atoms with Crippen molar-refractivity contribution in [2.24, 2.45) is 0 Å². The van der Waals surface area contributed by atoms with Gasteiger partial charge in [0.1, 0.15) is 5.76 Å². The summed E-state index contributed by atoms with van der Waals surface area (Å²) in [4.78, 5) is 24.0. The molecular weight excluding hydrogens is 460 g/mol. The summed E-state index contributed by atoms with van der Waals surface area (Å²) in [5, 5.41) is 12.2. The molecule has 4 rings (SSSR count). The summed E-state index contributed by atoms with van der Waals surface area (Å²) >= 11 is 1.34. The summed E-state index contributed by atoms with van der Waals surface area (Å²) < 4.78 is 7.54. The van der Waals surface area contributed by atoms with Crippen LogP contribution in [0.1, 0.15) is 49.4 Å². The number of furan rings is 1. The number of rotatable bonds is 8. The van der Waals surface area contributed by atoms with E-state index >= 15 is 0 Å². The second kappa shape index (κ2) is 10.3. The number of hydrogen-bond acceptors (Lipinski definition) is 6. The van der Waals surface area contributed by atoms with Crippen molar-refractivity contribution in [2.75, 3.05) is 11.1 Å². The number of amides is 1. The van der Waals surface area contributed by atoms with Gasteiger partial charge in [0.05, 0.1) is 18.6 Å². The Kier molecular flexibility index (Phi) is 7.21. The number of hydrogen-bond donors (Lipinski definition) is 1. The van der Waals surface area contributed by atoms with Gasteiger partial charge in [-0.1, -0.05) is 56.8 Å². The predicted molar refractivity (Wildman–Crippen MR) is 138 cm³/mol. The van der Waals surface area contributed by atoms with Gasteiger partial charge in [-0.25, -0.2) is 0 Å². The molecular formula is C27H28N4O3S. The summed E-state index contributed by atoms with van der Waals surface area (Å²) in [5.74, 6) is 1.52. The molecule has 0 aliphatic heterocycles. The van der Waals surface area contributed by atoms with Gasteiger partial charge in [-0.3, -0.25) is 14.2 Å². The van der Waals surface area contributed by atoms with Gasteiger partial charge in [0.2, 0.25) is 5.91 Å². The number of nitrogens with zero attached hydrogens (tertiary/aromatic N) is 3. The maximum atomic E-state index is 12.8. The maximum Gasteiger partial charge on any atom is 0.221 e. The molecule has 0 spiro atoms. The van der Waals surface area contributed by atoms with Gasteiger partial charge in [0.25, 0.3) is 0 Å². The Morgan fingerprint density at radius 1 is 1.00 bits per heavy atom. The van der Waals surface area contributed by atoms with E-state index in [9.17, 15) is 9.59 Å². The monoisotopic (exact) mass is 488 g/mol. The van der Waals surface area contributed by atoms with E-state index < -0.39 is 0 Å². The van der Waals surface area contributed by atoms with Gasteiger partial charge in [-0.05, 0) is 47.4 Å². The molecule has 0 saturated heterocycles. The maximum absolute atomic E-state index is 12.8. The Bertz CT molecular complexity index is 1300. The second-order valence-electron chi connectivity index (χ2n) is 9.27. The summed E-state index contributed by atoms with van der Waals surface area (Å²) in [6.07, 6.45) is 1.64. The lowest BCUT2D eigenvalue weighted by molar-refractivity contribution is -0.114. The van der Waals surface area contributed by atoms with Crippen molar-refractivity contribution in [3.63, 3.8) is 0 Å². The number of Topliss-reactive ketones (excluding diaryl/α,β-unsaturated/α-hetero) is 1. The smallest absolute Gasteiger partial charge is 0.221 e. The number of thioether (sulfide) groups is 1. The van der Waals surface area contributed by atoms with E-state index in [1.165, 1.54) is 24.2 Å². The SMILES string of the molecule is CC(=O)Nc1ccc(C(=O)CSc2nnc(-c3ccc(C(C)(C)C)cc3)n2Cc2ccco2)cc1. The summed E-state index contributed by atoms with van der Waals surface area (Å²) in [6.45, 7) is 8.45. The first kappa shape index (κ1) is 24.5. The standard InChI is InChI=1S/C27H28N4O3S/c1-18(32)28-22-13-9-19(10-14-22)24(33)17-35-26-30-29-25(31(26)16-23-6-5-15-34-23)20-7-11-21(12-8-20)27(2,3)4/h5-15H,16-17H2,1-4H3,(H,28,32). The molecule has 2 aromatic heterocycles. The zero-order valence-electron chi connectivity index (χ0n) is 20.2. The molecule has 2 heterocycles. The molecule has 0 bridgehead atoms. The summed E-state index contributed by atoms with van der Waals surface area (Å²) in [6, 6.07) is 19.0. The molecule has 35 heavy (non-hydrogen) atoms. The van der Waals surface area contributed by atoms with Gasteiger partial charge in [-0.2, -0.15) is 0 Å². The predicted octanol–water partition coefficient (Wildman–Crippen LogP) is 5.82. The Labute approximate surface area is 209 Å². The van der Waals surface area contributed by atoms with Crippen molar-refractivity contribution in [1.29, 1.82) is 0 Å². The molecule has 2 aromatic carbocycles. The minimum Gasteiger partial charge on any atom is -0.467 e. The van der Waals surface area contributed by atoms with Crippen LogP contribution in [0, 0.1) is 0 Å². The normalized spacial score (nSPS) is 11.4. The van der Waals surface area contributed by atoms with Crippen molar-refractivity contribution in [2.45, 2.75) is 44.8 Å². The average molecular weight is 489 g/mol. The Balaban J connectivity index is 1.55. The van der Waals surface area contributed by atoms with Crippen molar-refractivity contribution in [3.8, 4) is 11.4 Å². The van der Waals surface area contributed by atoms with Crippen molar-refractivity contribution < 1.29 is 14.0 Å². The lowest BCUT2D eigenvalue weighted by Crippen LogP contribution is -2.10. The van der Waals surface area contributed by atoms with E-state index in [1.807, 2.05) is 16.7 Å². The highest BCUT2D eigenvalue weighted by atomic mass is 32.2. The zero-order chi connectivity index (χ0) is 25.0. The fourth-order valence-corrected chi connectivity index (χ4v) is 4.42. The molecule has 1 N–H and O–H groups in total. The molecule has 0 fully saturated rings. The largest absolute Gasteiger partial charge is 0.467 e. The molecule has 0 atom stereocenters. The van der Waals surface area contributed by atoms with Crippen LogP contribution in [0.4, 0.5) is 5.69 Å². The number of nitrogens with one attached hydrogen (secondary N) is 1. The first-order valence-electron chi connectivity index (χ1n) is 11.3. The zero-order valence-corrected chi connectivity index (χ0v) is 21.1. The van der Waals surface area contributed by atoms with Crippen LogP contribution in [-0.4, -0.2) is 32.2 Å².